The summed E-state index contributed by atoms with van der Waals surface area (Å²) in [6.45, 7) is 6.77. The van der Waals surface area contributed by atoms with Crippen LogP contribution in [0.4, 0.5) is 22.4 Å². The Bertz CT molecular complexity index is 633. The number of halogens is 4. The molecule has 1 aliphatic heterocycles. The molecular weight excluding hydrogens is 352 g/mol. The molecule has 0 radical (unpaired) electrons. The second-order valence-corrected chi connectivity index (χ2v) is 7.43. The van der Waals surface area contributed by atoms with E-state index in [4.69, 9.17) is 4.74 Å². The number of likely N-dealkylation sites (tertiary alicyclic amines) is 1. The topological polar surface area (TPSA) is 41.6 Å². The normalized spacial score (nSPS) is 16.7. The number of nitrogens with zero attached hydrogens (tertiary/aromatic N) is 1. The summed E-state index contributed by atoms with van der Waals surface area (Å²) in [5, 5.41) is 3.20. The van der Waals surface area contributed by atoms with Crippen molar-refractivity contribution in [2.45, 2.75) is 58.0 Å². The van der Waals surface area contributed by atoms with E-state index in [9.17, 15) is 22.4 Å². The number of carbonyl (C=O) groups excluding carboxylic acids is 1. The van der Waals surface area contributed by atoms with Crippen molar-refractivity contribution >= 4 is 6.09 Å². The maximum atomic E-state index is 13.6. The molecule has 1 aromatic carbocycles. The highest BCUT2D eigenvalue weighted by molar-refractivity contribution is 5.68. The number of piperidine rings is 1. The van der Waals surface area contributed by atoms with Crippen LogP contribution in [0.1, 0.15) is 44.7 Å². The number of rotatable bonds is 3. The van der Waals surface area contributed by atoms with Gasteiger partial charge >= 0.3 is 12.3 Å². The summed E-state index contributed by atoms with van der Waals surface area (Å²) in [4.78, 5) is 13.6. The zero-order chi connectivity index (χ0) is 19.5. The number of ether oxygens (including phenoxy) is 1. The monoisotopic (exact) mass is 376 g/mol. The van der Waals surface area contributed by atoms with E-state index in [1.807, 2.05) is 20.8 Å². The van der Waals surface area contributed by atoms with Crippen molar-refractivity contribution in [3.8, 4) is 0 Å². The van der Waals surface area contributed by atoms with Crippen LogP contribution in [-0.4, -0.2) is 35.7 Å². The Kier molecular flexibility index (Phi) is 6.16. The summed E-state index contributed by atoms with van der Waals surface area (Å²) in [5.74, 6) is -1.27. The van der Waals surface area contributed by atoms with Gasteiger partial charge in [-0.3, -0.25) is 0 Å². The first kappa shape index (κ1) is 20.5. The molecule has 1 aromatic rings. The number of carbonyl (C=O) groups is 1. The van der Waals surface area contributed by atoms with Crippen LogP contribution in [0.3, 0.4) is 0 Å². The number of hydrogen-bond donors (Lipinski definition) is 1. The Balaban J connectivity index is 1.82. The average molecular weight is 376 g/mol. The Hall–Kier alpha value is -1.83. The van der Waals surface area contributed by atoms with Gasteiger partial charge in [0.2, 0.25) is 0 Å². The Morgan fingerprint density at radius 2 is 1.85 bits per heavy atom. The van der Waals surface area contributed by atoms with Gasteiger partial charge in [-0.25, -0.2) is 9.18 Å². The van der Waals surface area contributed by atoms with Crippen molar-refractivity contribution in [1.82, 2.24) is 10.2 Å². The molecule has 0 atom stereocenters. The van der Waals surface area contributed by atoms with E-state index in [2.05, 4.69) is 5.32 Å². The average Bonchev–Trinajstić information content (AvgIpc) is 2.50. The number of hydrogen-bond acceptors (Lipinski definition) is 3. The SMILES string of the molecule is CC(C)(C)OC(=O)N1CCC(NCc2ccc(C(F)(F)F)c(F)c2)CC1. The van der Waals surface area contributed by atoms with Crippen LogP contribution in [0.25, 0.3) is 0 Å². The summed E-state index contributed by atoms with van der Waals surface area (Å²) < 4.78 is 56.6. The Morgan fingerprint density at radius 3 is 2.35 bits per heavy atom. The van der Waals surface area contributed by atoms with E-state index in [1.54, 1.807) is 4.90 Å². The molecule has 8 heteroatoms. The molecule has 0 unspecified atom stereocenters. The molecule has 26 heavy (non-hydrogen) atoms. The highest BCUT2D eigenvalue weighted by atomic mass is 19.4. The smallest absolute Gasteiger partial charge is 0.419 e. The molecular formula is C18H24F4N2O2. The van der Waals surface area contributed by atoms with Gasteiger partial charge in [-0.15, -0.1) is 0 Å². The highest BCUT2D eigenvalue weighted by Gasteiger charge is 2.34. The van der Waals surface area contributed by atoms with Crippen molar-refractivity contribution in [3.63, 3.8) is 0 Å². The van der Waals surface area contributed by atoms with Crippen LogP contribution in [0, 0.1) is 5.82 Å². The lowest BCUT2D eigenvalue weighted by Crippen LogP contribution is -2.46. The maximum Gasteiger partial charge on any atom is 0.419 e. The van der Waals surface area contributed by atoms with Crippen molar-refractivity contribution in [3.05, 3.63) is 35.1 Å². The lowest BCUT2D eigenvalue weighted by Gasteiger charge is -2.33. The molecule has 146 valence electrons. The molecule has 4 nitrogen and oxygen atoms in total. The van der Waals surface area contributed by atoms with E-state index in [-0.39, 0.29) is 18.7 Å². The van der Waals surface area contributed by atoms with Crippen LogP contribution in [0.5, 0.6) is 0 Å². The second-order valence-electron chi connectivity index (χ2n) is 7.43. The Morgan fingerprint density at radius 1 is 1.23 bits per heavy atom. The van der Waals surface area contributed by atoms with Crippen molar-refractivity contribution in [2.24, 2.45) is 0 Å². The Labute approximate surface area is 150 Å². The standard InChI is InChI=1S/C18H24F4N2O2/c1-17(2,3)26-16(25)24-8-6-13(7-9-24)23-11-12-4-5-14(15(19)10-12)18(20,21)22/h4-5,10,13,23H,6-9,11H2,1-3H3. The van der Waals surface area contributed by atoms with E-state index in [0.29, 0.717) is 31.5 Å². The number of alkyl halides is 3. The predicted molar refractivity (Wildman–Crippen MR) is 89.1 cm³/mol. The number of nitrogens with one attached hydrogen (secondary N) is 1. The third-order valence-corrected chi connectivity index (χ3v) is 4.08. The van der Waals surface area contributed by atoms with Crippen LogP contribution < -0.4 is 5.32 Å². The molecule has 2 rings (SSSR count). The van der Waals surface area contributed by atoms with Gasteiger partial charge in [0.1, 0.15) is 11.4 Å². The third kappa shape index (κ3) is 5.86. The van der Waals surface area contributed by atoms with Crippen LogP contribution >= 0.6 is 0 Å². The summed E-state index contributed by atoms with van der Waals surface area (Å²) in [5.41, 5.74) is -1.35. The number of amides is 1. The van der Waals surface area contributed by atoms with E-state index >= 15 is 0 Å². The van der Waals surface area contributed by atoms with Gasteiger partial charge in [0, 0.05) is 25.7 Å². The molecule has 0 spiro atoms. The zero-order valence-corrected chi connectivity index (χ0v) is 15.1. The molecule has 1 saturated heterocycles. The van der Waals surface area contributed by atoms with E-state index in [0.717, 1.165) is 12.1 Å². The zero-order valence-electron chi connectivity index (χ0n) is 15.1. The van der Waals surface area contributed by atoms with Crippen molar-refractivity contribution in [2.75, 3.05) is 13.1 Å². The first-order valence-corrected chi connectivity index (χ1v) is 8.52. The third-order valence-electron chi connectivity index (χ3n) is 4.08. The number of benzene rings is 1. The lowest BCUT2D eigenvalue weighted by molar-refractivity contribution is -0.140. The first-order valence-electron chi connectivity index (χ1n) is 8.52. The molecule has 1 amide bonds. The quantitative estimate of drug-likeness (QED) is 0.799. The van der Waals surface area contributed by atoms with E-state index < -0.39 is 23.2 Å². The van der Waals surface area contributed by atoms with Gasteiger partial charge < -0.3 is 15.0 Å². The fourth-order valence-electron chi connectivity index (χ4n) is 2.75. The first-order chi connectivity index (χ1) is 12.0. The molecule has 1 aliphatic rings. The molecule has 1 heterocycles. The van der Waals surface area contributed by atoms with Gasteiger partial charge in [0.05, 0.1) is 5.56 Å². The van der Waals surface area contributed by atoms with Crippen LogP contribution in [-0.2, 0) is 17.5 Å². The van der Waals surface area contributed by atoms with Crippen LogP contribution in [0.2, 0.25) is 0 Å². The molecule has 0 aliphatic carbocycles. The largest absolute Gasteiger partial charge is 0.444 e. The van der Waals surface area contributed by atoms with E-state index in [1.165, 1.54) is 6.07 Å². The van der Waals surface area contributed by atoms with Gasteiger partial charge in [-0.1, -0.05) is 6.07 Å². The highest BCUT2D eigenvalue weighted by Crippen LogP contribution is 2.31. The fourth-order valence-corrected chi connectivity index (χ4v) is 2.75. The summed E-state index contributed by atoms with van der Waals surface area (Å²) >= 11 is 0. The van der Waals surface area contributed by atoms with Gasteiger partial charge in [0.25, 0.3) is 0 Å². The molecule has 0 aromatic heterocycles. The predicted octanol–water partition coefficient (Wildman–Crippen LogP) is 4.33. The minimum atomic E-state index is -4.69. The minimum Gasteiger partial charge on any atom is -0.444 e. The van der Waals surface area contributed by atoms with Gasteiger partial charge in [-0.05, 0) is 51.3 Å². The molecule has 1 N–H and O–H groups in total. The van der Waals surface area contributed by atoms with Gasteiger partial charge in [-0.2, -0.15) is 13.2 Å². The summed E-state index contributed by atoms with van der Waals surface area (Å²) in [6, 6.07) is 3.05. The minimum absolute atomic E-state index is 0.110. The van der Waals surface area contributed by atoms with Crippen molar-refractivity contribution < 1.29 is 27.1 Å². The maximum absolute atomic E-state index is 13.6. The molecule has 0 saturated carbocycles. The fraction of sp³-hybridized carbons (Fsp3) is 0.611. The van der Waals surface area contributed by atoms with Crippen molar-refractivity contribution in [1.29, 1.82) is 0 Å². The summed E-state index contributed by atoms with van der Waals surface area (Å²) in [7, 11) is 0. The second kappa shape index (κ2) is 7.82. The molecule has 1 fully saturated rings. The van der Waals surface area contributed by atoms with Crippen LogP contribution in [0.15, 0.2) is 18.2 Å². The summed E-state index contributed by atoms with van der Waals surface area (Å²) in [6.07, 6.45) is -3.64. The molecule has 0 bridgehead atoms. The van der Waals surface area contributed by atoms with Gasteiger partial charge in [0.15, 0.2) is 0 Å². The lowest BCUT2D eigenvalue weighted by atomic mass is 10.0.